The minimum atomic E-state index is -2.62. The van der Waals surface area contributed by atoms with Crippen LogP contribution in [0.4, 0.5) is 0 Å². The van der Waals surface area contributed by atoms with Gasteiger partial charge < -0.3 is 14.7 Å². The highest BCUT2D eigenvalue weighted by atomic mass is 31.2. The number of hydrogen-bond donors (Lipinski definition) is 3. The van der Waals surface area contributed by atoms with Crippen LogP contribution in [0.25, 0.3) is 0 Å². The molecule has 3 N–H and O–H groups in total. The molecule has 1 aromatic rings. The van der Waals surface area contributed by atoms with Crippen molar-refractivity contribution < 1.29 is 14.7 Å². The van der Waals surface area contributed by atoms with Crippen molar-refractivity contribution in [3.05, 3.63) is 35.4 Å². The molecule has 0 fully saturated rings. The molecule has 0 atom stereocenters. The van der Waals surface area contributed by atoms with Crippen LogP contribution in [0.3, 0.4) is 0 Å². The van der Waals surface area contributed by atoms with Gasteiger partial charge >= 0.3 is 8.60 Å². The Morgan fingerprint density at radius 1 is 0.833 bits per heavy atom. The van der Waals surface area contributed by atoms with Crippen molar-refractivity contribution in [3.8, 4) is 0 Å². The molecule has 4 heteroatoms. The molecule has 0 amide bonds. The summed E-state index contributed by atoms with van der Waals surface area (Å²) in [5.74, 6) is 0. The molecule has 0 aromatic heterocycles. The first-order valence-electron chi connectivity index (χ1n) is 3.42. The van der Waals surface area contributed by atoms with Crippen molar-refractivity contribution >= 4 is 8.60 Å². The van der Waals surface area contributed by atoms with Crippen LogP contribution in [0.5, 0.6) is 0 Å². The third-order valence-electron chi connectivity index (χ3n) is 1.22. The molecule has 0 saturated heterocycles. The lowest BCUT2D eigenvalue weighted by Crippen LogP contribution is -1.70. The molecule has 0 bridgehead atoms. The lowest BCUT2D eigenvalue weighted by atomic mass is 10.2. The van der Waals surface area contributed by atoms with E-state index < -0.39 is 8.60 Å². The van der Waals surface area contributed by atoms with Crippen LogP contribution < -0.4 is 0 Å². The maximum Gasteiger partial charge on any atom is 0.324 e. The molecule has 12 heavy (non-hydrogen) atoms. The number of hydrogen-bond acceptors (Lipinski definition) is 3. The highest BCUT2D eigenvalue weighted by molar-refractivity contribution is 7.38. The molecule has 1 aromatic carbocycles. The van der Waals surface area contributed by atoms with Gasteiger partial charge in [0.2, 0.25) is 0 Å². The Morgan fingerprint density at radius 2 is 1.00 bits per heavy atom. The fraction of sp³-hybridized carbons (Fsp3) is 0.250. The van der Waals surface area contributed by atoms with Gasteiger partial charge in [0.1, 0.15) is 0 Å². The van der Waals surface area contributed by atoms with Crippen molar-refractivity contribution in [1.82, 2.24) is 0 Å². The quantitative estimate of drug-likeness (QED) is 0.540. The lowest BCUT2D eigenvalue weighted by molar-refractivity contribution is 0.368. The van der Waals surface area contributed by atoms with Gasteiger partial charge in [-0.1, -0.05) is 35.4 Å². The summed E-state index contributed by atoms with van der Waals surface area (Å²) < 4.78 is 0. The Bertz CT molecular complexity index is 184. The van der Waals surface area contributed by atoms with Crippen LogP contribution in [-0.4, -0.2) is 14.7 Å². The Hall–Kier alpha value is -0.470. The minimum Gasteiger partial charge on any atom is -0.328 e. The van der Waals surface area contributed by atoms with Crippen LogP contribution in [0.1, 0.15) is 11.1 Å². The first kappa shape index (κ1) is 11.5. The molecule has 0 radical (unpaired) electrons. The van der Waals surface area contributed by atoms with Crippen LogP contribution in [0.15, 0.2) is 24.3 Å². The number of benzene rings is 1. The molecule has 68 valence electrons. The molecule has 0 aliphatic rings. The van der Waals surface area contributed by atoms with Gasteiger partial charge in [-0.25, -0.2) is 0 Å². The van der Waals surface area contributed by atoms with Gasteiger partial charge in [-0.3, -0.25) is 0 Å². The average molecular weight is 188 g/mol. The van der Waals surface area contributed by atoms with Crippen molar-refractivity contribution in [2.24, 2.45) is 0 Å². The summed E-state index contributed by atoms with van der Waals surface area (Å²) in [6.07, 6.45) is 0. The standard InChI is InChI=1S/C8H10.H3O3P/c1-7-3-5-8(2)6-4-7;1-4(2)3/h3-6H,1-2H3;1-3H. The molecule has 0 saturated carbocycles. The monoisotopic (exact) mass is 188 g/mol. The van der Waals surface area contributed by atoms with Gasteiger partial charge in [0.05, 0.1) is 0 Å². The first-order valence-corrected chi connectivity index (χ1v) is 4.62. The fourth-order valence-electron chi connectivity index (χ4n) is 0.637. The second-order valence-electron chi connectivity index (χ2n) is 2.42. The minimum absolute atomic E-state index is 1.33. The first-order chi connectivity index (χ1) is 5.52. The molecule has 0 aliphatic heterocycles. The van der Waals surface area contributed by atoms with E-state index in [1.807, 2.05) is 0 Å². The smallest absolute Gasteiger partial charge is 0.324 e. The summed E-state index contributed by atoms with van der Waals surface area (Å²) in [5.41, 5.74) is 2.66. The molecule has 3 nitrogen and oxygen atoms in total. The van der Waals surface area contributed by atoms with Crippen LogP contribution in [0, 0.1) is 13.8 Å². The zero-order chi connectivity index (χ0) is 9.56. The summed E-state index contributed by atoms with van der Waals surface area (Å²) in [5, 5.41) is 0. The third-order valence-corrected chi connectivity index (χ3v) is 1.22. The summed E-state index contributed by atoms with van der Waals surface area (Å²) >= 11 is 0. The second kappa shape index (κ2) is 6.09. The Balaban J connectivity index is 0.000000261. The maximum absolute atomic E-state index is 7.23. The molecule has 0 heterocycles. The van der Waals surface area contributed by atoms with Gasteiger partial charge in [0.25, 0.3) is 0 Å². The number of rotatable bonds is 0. The second-order valence-corrected chi connectivity index (χ2v) is 2.96. The van der Waals surface area contributed by atoms with Gasteiger partial charge in [-0.05, 0) is 13.8 Å². The van der Waals surface area contributed by atoms with E-state index in [1.165, 1.54) is 11.1 Å². The third kappa shape index (κ3) is 7.63. The van der Waals surface area contributed by atoms with E-state index in [1.54, 1.807) is 0 Å². The summed E-state index contributed by atoms with van der Waals surface area (Å²) in [7, 11) is -2.62. The van der Waals surface area contributed by atoms with Crippen molar-refractivity contribution in [2.75, 3.05) is 0 Å². The number of aryl methyl sites for hydroxylation is 2. The van der Waals surface area contributed by atoms with E-state index in [0.29, 0.717) is 0 Å². The van der Waals surface area contributed by atoms with E-state index in [9.17, 15) is 0 Å². The Kier molecular flexibility index (Phi) is 5.85. The van der Waals surface area contributed by atoms with Crippen LogP contribution in [-0.2, 0) is 0 Å². The maximum atomic E-state index is 7.23. The average Bonchev–Trinajstić information content (AvgIpc) is 1.94. The van der Waals surface area contributed by atoms with Gasteiger partial charge in [0.15, 0.2) is 0 Å². The van der Waals surface area contributed by atoms with E-state index >= 15 is 0 Å². The normalized spacial score (nSPS) is 9.17. The zero-order valence-corrected chi connectivity index (χ0v) is 7.99. The molecular formula is C8H13O3P. The topological polar surface area (TPSA) is 60.7 Å². The Labute approximate surface area is 73.3 Å². The van der Waals surface area contributed by atoms with Crippen molar-refractivity contribution in [1.29, 1.82) is 0 Å². The lowest BCUT2D eigenvalue weighted by Gasteiger charge is -1.90. The van der Waals surface area contributed by atoms with E-state index in [4.69, 9.17) is 14.7 Å². The van der Waals surface area contributed by atoms with E-state index in [-0.39, 0.29) is 0 Å². The van der Waals surface area contributed by atoms with Gasteiger partial charge in [-0.2, -0.15) is 0 Å². The van der Waals surface area contributed by atoms with Crippen LogP contribution >= 0.6 is 8.60 Å². The van der Waals surface area contributed by atoms with Crippen molar-refractivity contribution in [3.63, 3.8) is 0 Å². The molecule has 0 spiro atoms. The predicted molar refractivity (Wildman–Crippen MR) is 49.5 cm³/mol. The fourth-order valence-corrected chi connectivity index (χ4v) is 0.637. The summed E-state index contributed by atoms with van der Waals surface area (Å²) in [4.78, 5) is 21.7. The summed E-state index contributed by atoms with van der Waals surface area (Å²) in [6, 6.07) is 8.48. The zero-order valence-electron chi connectivity index (χ0n) is 7.10. The summed E-state index contributed by atoms with van der Waals surface area (Å²) in [6.45, 7) is 4.19. The van der Waals surface area contributed by atoms with Crippen molar-refractivity contribution in [2.45, 2.75) is 13.8 Å². The van der Waals surface area contributed by atoms with E-state index in [0.717, 1.165) is 0 Å². The highest BCUT2D eigenvalue weighted by Gasteiger charge is 1.79. The SMILES string of the molecule is Cc1ccc(C)cc1.OP(O)O. The van der Waals surface area contributed by atoms with Crippen LogP contribution in [0.2, 0.25) is 0 Å². The van der Waals surface area contributed by atoms with E-state index in [2.05, 4.69) is 38.1 Å². The van der Waals surface area contributed by atoms with Gasteiger partial charge in [0, 0.05) is 0 Å². The molecular weight excluding hydrogens is 175 g/mol. The highest BCUT2D eigenvalue weighted by Crippen LogP contribution is 2.11. The molecule has 1 rings (SSSR count). The molecule has 0 aliphatic carbocycles. The molecule has 0 unspecified atom stereocenters. The predicted octanol–water partition coefficient (Wildman–Crippen LogP) is 1.49. The Morgan fingerprint density at radius 3 is 1.17 bits per heavy atom. The largest absolute Gasteiger partial charge is 0.328 e. The van der Waals surface area contributed by atoms with Gasteiger partial charge in [-0.15, -0.1) is 0 Å².